The van der Waals surface area contributed by atoms with Crippen LogP contribution in [-0.2, 0) is 13.1 Å². The Morgan fingerprint density at radius 1 is 1.38 bits per heavy atom. The van der Waals surface area contributed by atoms with Crippen LogP contribution in [0.2, 0.25) is 0 Å². The molecule has 1 amide bonds. The Balaban J connectivity index is 1.57. The molecule has 0 atom stereocenters. The van der Waals surface area contributed by atoms with Crippen LogP contribution in [0, 0.1) is 0 Å². The summed E-state index contributed by atoms with van der Waals surface area (Å²) in [6, 6.07) is 3.29. The quantitative estimate of drug-likeness (QED) is 0.516. The first-order valence-electron chi connectivity index (χ1n) is 7.52. The Bertz CT molecular complexity index is 1180. The molecule has 0 saturated heterocycles. The SMILES string of the molecule is O=C(NCc1csc2ncnn12)c1c[nH]c(=O)n(Cc2ccco2)c1=O. The Labute approximate surface area is 148 Å². The molecular weight excluding hydrogens is 360 g/mol. The van der Waals surface area contributed by atoms with E-state index in [0.29, 0.717) is 10.7 Å². The highest BCUT2D eigenvalue weighted by molar-refractivity contribution is 7.15. The first-order chi connectivity index (χ1) is 12.6. The van der Waals surface area contributed by atoms with E-state index in [9.17, 15) is 14.4 Å². The predicted octanol–water partition coefficient (Wildman–Crippen LogP) is 0.212. The number of hydrogen-bond donors (Lipinski definition) is 2. The Morgan fingerprint density at radius 2 is 2.27 bits per heavy atom. The monoisotopic (exact) mass is 372 g/mol. The number of furan rings is 1. The summed E-state index contributed by atoms with van der Waals surface area (Å²) in [5, 5.41) is 8.52. The maximum absolute atomic E-state index is 12.5. The molecule has 0 aliphatic rings. The summed E-state index contributed by atoms with van der Waals surface area (Å²) in [6.07, 6.45) is 3.97. The summed E-state index contributed by atoms with van der Waals surface area (Å²) >= 11 is 1.39. The van der Waals surface area contributed by atoms with Crippen molar-refractivity contribution in [1.29, 1.82) is 0 Å². The second-order valence-corrected chi connectivity index (χ2v) is 6.18. The second-order valence-electron chi connectivity index (χ2n) is 5.34. The number of nitrogens with zero attached hydrogens (tertiary/aromatic N) is 4. The fourth-order valence-electron chi connectivity index (χ4n) is 2.44. The number of aromatic amines is 1. The maximum Gasteiger partial charge on any atom is 0.328 e. The van der Waals surface area contributed by atoms with E-state index in [2.05, 4.69) is 20.4 Å². The van der Waals surface area contributed by atoms with E-state index < -0.39 is 17.2 Å². The van der Waals surface area contributed by atoms with Gasteiger partial charge in [0.05, 0.1) is 25.0 Å². The molecule has 0 saturated carbocycles. The van der Waals surface area contributed by atoms with E-state index in [-0.39, 0.29) is 18.7 Å². The number of carbonyl (C=O) groups excluding carboxylic acids is 1. The second kappa shape index (κ2) is 6.44. The minimum atomic E-state index is -0.695. The van der Waals surface area contributed by atoms with Gasteiger partial charge < -0.3 is 14.7 Å². The predicted molar refractivity (Wildman–Crippen MR) is 91.2 cm³/mol. The Morgan fingerprint density at radius 3 is 3.08 bits per heavy atom. The van der Waals surface area contributed by atoms with Gasteiger partial charge in [-0.2, -0.15) is 5.10 Å². The van der Waals surface area contributed by atoms with Crippen LogP contribution in [0.25, 0.3) is 4.96 Å². The van der Waals surface area contributed by atoms with Gasteiger partial charge in [-0.1, -0.05) is 0 Å². The highest BCUT2D eigenvalue weighted by Gasteiger charge is 2.16. The molecule has 0 spiro atoms. The topological polar surface area (TPSA) is 127 Å². The summed E-state index contributed by atoms with van der Waals surface area (Å²) in [4.78, 5) is 44.0. The van der Waals surface area contributed by atoms with Crippen LogP contribution in [0.5, 0.6) is 0 Å². The van der Waals surface area contributed by atoms with Crippen LogP contribution in [0.3, 0.4) is 0 Å². The van der Waals surface area contributed by atoms with Crippen molar-refractivity contribution in [2.45, 2.75) is 13.1 Å². The lowest BCUT2D eigenvalue weighted by Crippen LogP contribution is -2.40. The number of aromatic nitrogens is 5. The highest BCUT2D eigenvalue weighted by Crippen LogP contribution is 2.12. The van der Waals surface area contributed by atoms with Crippen LogP contribution in [0.4, 0.5) is 0 Å². The minimum Gasteiger partial charge on any atom is -0.467 e. The molecule has 4 aromatic rings. The number of nitrogens with one attached hydrogen (secondary N) is 2. The molecule has 0 aliphatic heterocycles. The van der Waals surface area contributed by atoms with Crippen LogP contribution >= 0.6 is 11.3 Å². The number of amides is 1. The molecule has 26 heavy (non-hydrogen) atoms. The molecule has 0 fully saturated rings. The van der Waals surface area contributed by atoms with Gasteiger partial charge in [0, 0.05) is 11.6 Å². The van der Waals surface area contributed by atoms with E-state index in [1.54, 1.807) is 16.6 Å². The number of thiazole rings is 1. The standard InChI is InChI=1S/C15H12N6O4S/c22-12(16-4-9-7-26-15-18-8-19-21(9)15)11-5-17-14(24)20(13(11)23)6-10-2-1-3-25-10/h1-3,5,7-8H,4,6H2,(H,16,22)(H,17,24). The molecule has 2 N–H and O–H groups in total. The number of hydrogen-bond acceptors (Lipinski definition) is 7. The molecule has 0 bridgehead atoms. The summed E-state index contributed by atoms with van der Waals surface area (Å²) in [5.74, 6) is -0.166. The lowest BCUT2D eigenvalue weighted by atomic mass is 10.3. The first-order valence-corrected chi connectivity index (χ1v) is 8.40. The van der Waals surface area contributed by atoms with Gasteiger partial charge in [-0.25, -0.2) is 14.3 Å². The van der Waals surface area contributed by atoms with Crippen LogP contribution in [0.1, 0.15) is 21.8 Å². The molecule has 0 unspecified atom stereocenters. The van der Waals surface area contributed by atoms with Gasteiger partial charge >= 0.3 is 5.69 Å². The summed E-state index contributed by atoms with van der Waals surface area (Å²) in [6.45, 7) is 0.103. The highest BCUT2D eigenvalue weighted by atomic mass is 32.1. The van der Waals surface area contributed by atoms with Crippen molar-refractivity contribution in [3.63, 3.8) is 0 Å². The largest absolute Gasteiger partial charge is 0.467 e. The first kappa shape index (κ1) is 16.0. The van der Waals surface area contributed by atoms with E-state index in [1.165, 1.54) is 23.9 Å². The van der Waals surface area contributed by atoms with Crippen molar-refractivity contribution in [3.05, 3.63) is 74.2 Å². The molecule has 10 nitrogen and oxygen atoms in total. The van der Waals surface area contributed by atoms with Crippen molar-refractivity contribution < 1.29 is 9.21 Å². The molecular formula is C15H12N6O4S. The van der Waals surface area contributed by atoms with Crippen LogP contribution < -0.4 is 16.6 Å². The Kier molecular flexibility index (Phi) is 3.97. The zero-order valence-corrected chi connectivity index (χ0v) is 14.0. The van der Waals surface area contributed by atoms with Crippen molar-refractivity contribution >= 4 is 22.2 Å². The van der Waals surface area contributed by atoms with E-state index >= 15 is 0 Å². The normalized spacial score (nSPS) is 11.1. The zero-order chi connectivity index (χ0) is 18.1. The average molecular weight is 372 g/mol. The summed E-state index contributed by atoms with van der Waals surface area (Å²) in [7, 11) is 0. The van der Waals surface area contributed by atoms with Gasteiger partial charge in [0.15, 0.2) is 0 Å². The zero-order valence-electron chi connectivity index (χ0n) is 13.2. The molecule has 4 rings (SSSR count). The minimum absolute atomic E-state index is 0.0631. The number of fused-ring (bicyclic) bond motifs is 1. The Hall–Kier alpha value is -3.47. The van der Waals surface area contributed by atoms with Crippen molar-refractivity contribution in [2.75, 3.05) is 0 Å². The molecule has 0 aromatic carbocycles. The van der Waals surface area contributed by atoms with E-state index in [1.807, 2.05) is 5.38 Å². The number of H-pyrrole nitrogens is 1. The van der Waals surface area contributed by atoms with E-state index in [4.69, 9.17) is 4.42 Å². The summed E-state index contributed by atoms with van der Waals surface area (Å²) < 4.78 is 7.66. The van der Waals surface area contributed by atoms with Gasteiger partial charge in [0.2, 0.25) is 4.96 Å². The molecule has 0 aliphatic carbocycles. The van der Waals surface area contributed by atoms with Gasteiger partial charge in [-0.15, -0.1) is 11.3 Å². The number of rotatable bonds is 5. The van der Waals surface area contributed by atoms with E-state index in [0.717, 1.165) is 16.5 Å². The third-order valence-corrected chi connectivity index (χ3v) is 4.60. The van der Waals surface area contributed by atoms with Crippen molar-refractivity contribution in [1.82, 2.24) is 29.5 Å². The molecule has 11 heteroatoms. The lowest BCUT2D eigenvalue weighted by molar-refractivity contribution is 0.0947. The van der Waals surface area contributed by atoms with Gasteiger partial charge in [-0.3, -0.25) is 14.2 Å². The van der Waals surface area contributed by atoms with Gasteiger partial charge in [0.1, 0.15) is 17.7 Å². The fraction of sp³-hybridized carbons (Fsp3) is 0.133. The lowest BCUT2D eigenvalue weighted by Gasteiger charge is -2.06. The van der Waals surface area contributed by atoms with Crippen LogP contribution in [0.15, 0.2) is 50.3 Å². The van der Waals surface area contributed by atoms with Crippen molar-refractivity contribution in [2.24, 2.45) is 0 Å². The summed E-state index contributed by atoms with van der Waals surface area (Å²) in [5.41, 5.74) is -0.749. The van der Waals surface area contributed by atoms with Gasteiger partial charge in [0.25, 0.3) is 11.5 Å². The molecule has 4 aromatic heterocycles. The molecule has 0 radical (unpaired) electrons. The smallest absolute Gasteiger partial charge is 0.328 e. The molecule has 4 heterocycles. The third-order valence-electron chi connectivity index (χ3n) is 3.72. The van der Waals surface area contributed by atoms with Gasteiger partial charge in [-0.05, 0) is 12.1 Å². The van der Waals surface area contributed by atoms with Crippen LogP contribution in [-0.4, -0.2) is 30.1 Å². The molecule has 132 valence electrons. The fourth-order valence-corrected chi connectivity index (χ4v) is 3.23. The van der Waals surface area contributed by atoms with Crippen molar-refractivity contribution in [3.8, 4) is 0 Å². The number of carbonyl (C=O) groups is 1. The third kappa shape index (κ3) is 2.84. The average Bonchev–Trinajstić information content (AvgIpc) is 3.35. The maximum atomic E-state index is 12.5.